The van der Waals surface area contributed by atoms with Crippen LogP contribution in [-0.2, 0) is 4.79 Å². The number of benzene rings is 1. The van der Waals surface area contributed by atoms with Gasteiger partial charge in [0.2, 0.25) is 5.91 Å². The number of likely N-dealkylation sites (tertiary alicyclic amines) is 1. The van der Waals surface area contributed by atoms with Crippen LogP contribution in [0.1, 0.15) is 39.0 Å². The van der Waals surface area contributed by atoms with Crippen molar-refractivity contribution in [2.75, 3.05) is 18.4 Å². The first kappa shape index (κ1) is 16.4. The maximum atomic E-state index is 12.3. The van der Waals surface area contributed by atoms with Crippen molar-refractivity contribution in [2.45, 2.75) is 45.1 Å². The van der Waals surface area contributed by atoms with Crippen LogP contribution in [0, 0.1) is 0 Å². The third-order valence-electron chi connectivity index (χ3n) is 4.00. The van der Waals surface area contributed by atoms with Gasteiger partial charge in [0.1, 0.15) is 0 Å². The lowest BCUT2D eigenvalue weighted by Crippen LogP contribution is -2.43. The van der Waals surface area contributed by atoms with Crippen molar-refractivity contribution >= 4 is 34.8 Å². The van der Waals surface area contributed by atoms with Crippen molar-refractivity contribution in [3.05, 3.63) is 28.2 Å². The Morgan fingerprint density at radius 1 is 1.38 bits per heavy atom. The fraction of sp³-hybridized carbons (Fsp3) is 0.562. The van der Waals surface area contributed by atoms with Gasteiger partial charge in [0, 0.05) is 30.6 Å². The number of piperidine rings is 1. The molecular formula is C16H22Cl2N2O. The van der Waals surface area contributed by atoms with Crippen molar-refractivity contribution in [3.63, 3.8) is 0 Å². The summed E-state index contributed by atoms with van der Waals surface area (Å²) in [6.45, 7) is 3.63. The number of carbonyl (C=O) groups is 1. The second kappa shape index (κ2) is 7.90. The van der Waals surface area contributed by atoms with Crippen LogP contribution in [0.25, 0.3) is 0 Å². The zero-order valence-corrected chi connectivity index (χ0v) is 13.9. The Hall–Kier alpha value is -0.930. The average Bonchev–Trinajstić information content (AvgIpc) is 2.50. The molecule has 0 aromatic heterocycles. The third kappa shape index (κ3) is 4.52. The Balaban J connectivity index is 1.85. The number of hydrogen-bond acceptors (Lipinski definition) is 2. The number of carbonyl (C=O) groups excluding carboxylic acids is 1. The van der Waals surface area contributed by atoms with E-state index in [-0.39, 0.29) is 5.91 Å². The van der Waals surface area contributed by atoms with Gasteiger partial charge in [-0.05, 0) is 43.9 Å². The number of anilines is 1. The molecule has 2 rings (SSSR count). The first-order valence-corrected chi connectivity index (χ1v) is 8.35. The summed E-state index contributed by atoms with van der Waals surface area (Å²) in [7, 11) is 0. The molecule has 3 nitrogen and oxygen atoms in total. The van der Waals surface area contributed by atoms with Gasteiger partial charge < -0.3 is 10.2 Å². The summed E-state index contributed by atoms with van der Waals surface area (Å²) in [5.74, 6) is 0.229. The summed E-state index contributed by atoms with van der Waals surface area (Å²) in [6.07, 6.45) is 5.02. The Labute approximate surface area is 136 Å². The molecule has 21 heavy (non-hydrogen) atoms. The molecule has 1 heterocycles. The van der Waals surface area contributed by atoms with Gasteiger partial charge in [-0.15, -0.1) is 0 Å². The van der Waals surface area contributed by atoms with E-state index in [9.17, 15) is 4.79 Å². The number of hydrogen-bond donors (Lipinski definition) is 1. The highest BCUT2D eigenvalue weighted by Gasteiger charge is 2.24. The lowest BCUT2D eigenvalue weighted by atomic mass is 9.99. The predicted octanol–water partition coefficient (Wildman–Crippen LogP) is 4.59. The van der Waals surface area contributed by atoms with Crippen LogP contribution >= 0.6 is 23.2 Å². The molecule has 0 radical (unpaired) electrons. The molecule has 1 aromatic carbocycles. The number of amides is 1. The van der Waals surface area contributed by atoms with E-state index < -0.39 is 0 Å². The minimum absolute atomic E-state index is 0.229. The lowest BCUT2D eigenvalue weighted by molar-refractivity contribution is -0.134. The van der Waals surface area contributed by atoms with E-state index in [2.05, 4.69) is 12.2 Å². The van der Waals surface area contributed by atoms with Crippen molar-refractivity contribution in [1.82, 2.24) is 4.90 Å². The molecule has 1 N–H and O–H groups in total. The molecule has 0 bridgehead atoms. The molecule has 116 valence electrons. The normalized spacial score (nSPS) is 18.6. The van der Waals surface area contributed by atoms with E-state index >= 15 is 0 Å². The van der Waals surface area contributed by atoms with E-state index in [4.69, 9.17) is 23.2 Å². The molecule has 1 aliphatic rings. The molecule has 1 amide bonds. The molecule has 5 heteroatoms. The standard InChI is InChI=1S/C16H22Cl2N2O/c1-2-13-5-3-4-10-20(13)16(21)8-9-19-15-11-12(17)6-7-14(15)18/h6-7,11,13,19H,2-5,8-10H2,1H3. The molecule has 1 aliphatic heterocycles. The van der Waals surface area contributed by atoms with Gasteiger partial charge in [0.25, 0.3) is 0 Å². The molecule has 1 aromatic rings. The minimum Gasteiger partial charge on any atom is -0.383 e. The van der Waals surface area contributed by atoms with Gasteiger partial charge in [-0.3, -0.25) is 4.79 Å². The van der Waals surface area contributed by atoms with Gasteiger partial charge in [-0.1, -0.05) is 30.1 Å². The third-order valence-corrected chi connectivity index (χ3v) is 4.57. The highest BCUT2D eigenvalue weighted by Crippen LogP contribution is 2.25. The number of nitrogens with zero attached hydrogens (tertiary/aromatic N) is 1. The van der Waals surface area contributed by atoms with Crippen LogP contribution in [0.15, 0.2) is 18.2 Å². The predicted molar refractivity (Wildman–Crippen MR) is 89.2 cm³/mol. The summed E-state index contributed by atoms with van der Waals surface area (Å²) < 4.78 is 0. The molecule has 1 saturated heterocycles. The van der Waals surface area contributed by atoms with Crippen LogP contribution in [0.3, 0.4) is 0 Å². The van der Waals surface area contributed by atoms with E-state index in [1.807, 2.05) is 4.90 Å². The highest BCUT2D eigenvalue weighted by atomic mass is 35.5. The molecule has 1 fully saturated rings. The summed E-state index contributed by atoms with van der Waals surface area (Å²) in [5.41, 5.74) is 0.780. The van der Waals surface area contributed by atoms with Crippen LogP contribution < -0.4 is 5.32 Å². The first-order valence-electron chi connectivity index (χ1n) is 7.60. The van der Waals surface area contributed by atoms with Crippen LogP contribution in [-0.4, -0.2) is 29.9 Å². The average molecular weight is 329 g/mol. The number of rotatable bonds is 5. The Morgan fingerprint density at radius 3 is 2.95 bits per heavy atom. The number of halogens is 2. The SMILES string of the molecule is CCC1CCCCN1C(=O)CCNc1cc(Cl)ccc1Cl. The van der Waals surface area contributed by atoms with Crippen molar-refractivity contribution < 1.29 is 4.79 Å². The molecule has 0 aliphatic carbocycles. The monoisotopic (exact) mass is 328 g/mol. The Morgan fingerprint density at radius 2 is 2.19 bits per heavy atom. The quantitative estimate of drug-likeness (QED) is 0.857. The largest absolute Gasteiger partial charge is 0.383 e. The smallest absolute Gasteiger partial charge is 0.224 e. The second-order valence-electron chi connectivity index (χ2n) is 5.45. The van der Waals surface area contributed by atoms with Gasteiger partial charge in [0.05, 0.1) is 10.7 Å². The Kier molecular flexibility index (Phi) is 6.19. The van der Waals surface area contributed by atoms with E-state index in [0.29, 0.717) is 29.1 Å². The summed E-state index contributed by atoms with van der Waals surface area (Å²) >= 11 is 12.0. The van der Waals surface area contributed by atoms with Gasteiger partial charge in [-0.25, -0.2) is 0 Å². The van der Waals surface area contributed by atoms with E-state index in [0.717, 1.165) is 31.5 Å². The first-order chi connectivity index (χ1) is 10.1. The van der Waals surface area contributed by atoms with Gasteiger partial charge >= 0.3 is 0 Å². The van der Waals surface area contributed by atoms with E-state index in [1.54, 1.807) is 18.2 Å². The van der Waals surface area contributed by atoms with Gasteiger partial charge in [-0.2, -0.15) is 0 Å². The Bertz CT molecular complexity index is 493. The van der Waals surface area contributed by atoms with Crippen molar-refractivity contribution in [3.8, 4) is 0 Å². The van der Waals surface area contributed by atoms with Crippen LogP contribution in [0.4, 0.5) is 5.69 Å². The van der Waals surface area contributed by atoms with Gasteiger partial charge in [0.15, 0.2) is 0 Å². The lowest BCUT2D eigenvalue weighted by Gasteiger charge is -2.35. The second-order valence-corrected chi connectivity index (χ2v) is 6.29. The topological polar surface area (TPSA) is 32.3 Å². The number of nitrogens with one attached hydrogen (secondary N) is 1. The maximum Gasteiger partial charge on any atom is 0.224 e. The fourth-order valence-electron chi connectivity index (χ4n) is 2.83. The molecule has 1 unspecified atom stereocenters. The van der Waals surface area contributed by atoms with Crippen molar-refractivity contribution in [1.29, 1.82) is 0 Å². The molecular weight excluding hydrogens is 307 g/mol. The zero-order chi connectivity index (χ0) is 15.2. The van der Waals surface area contributed by atoms with Crippen LogP contribution in [0.2, 0.25) is 10.0 Å². The summed E-state index contributed by atoms with van der Waals surface area (Å²) in [5, 5.41) is 4.45. The zero-order valence-electron chi connectivity index (χ0n) is 12.4. The summed E-state index contributed by atoms with van der Waals surface area (Å²) in [6, 6.07) is 5.70. The molecule has 0 spiro atoms. The maximum absolute atomic E-state index is 12.3. The minimum atomic E-state index is 0.229. The van der Waals surface area contributed by atoms with Crippen molar-refractivity contribution in [2.24, 2.45) is 0 Å². The fourth-order valence-corrected chi connectivity index (χ4v) is 3.19. The molecule has 1 atom stereocenters. The highest BCUT2D eigenvalue weighted by molar-refractivity contribution is 6.35. The summed E-state index contributed by atoms with van der Waals surface area (Å²) in [4.78, 5) is 14.4. The molecule has 0 saturated carbocycles. The van der Waals surface area contributed by atoms with E-state index in [1.165, 1.54) is 6.42 Å². The van der Waals surface area contributed by atoms with Crippen LogP contribution in [0.5, 0.6) is 0 Å².